The number of unbranched alkanes of at least 4 members (excludes halogenated alkanes) is 2. The van der Waals surface area contributed by atoms with Crippen molar-refractivity contribution >= 4 is 35.1 Å². The molecule has 1 amide bonds. The molecule has 2 N–H and O–H groups in total. The Balaban J connectivity index is 1.84. The third-order valence-electron chi connectivity index (χ3n) is 3.34. The number of aromatic nitrogens is 2. The minimum Gasteiger partial charge on any atom is -0.481 e. The second-order valence-electron chi connectivity index (χ2n) is 5.20. The van der Waals surface area contributed by atoms with Crippen LogP contribution in [0.2, 0.25) is 10.0 Å². The zero-order valence-corrected chi connectivity index (χ0v) is 14.3. The molecule has 6 nitrogen and oxygen atoms in total. The van der Waals surface area contributed by atoms with E-state index in [2.05, 4.69) is 10.4 Å². The predicted molar refractivity (Wildman–Crippen MR) is 92.0 cm³/mol. The number of carboxylic acids is 1. The van der Waals surface area contributed by atoms with Crippen LogP contribution >= 0.6 is 23.2 Å². The van der Waals surface area contributed by atoms with Crippen LogP contribution in [0.3, 0.4) is 0 Å². The molecule has 0 saturated heterocycles. The largest absolute Gasteiger partial charge is 0.481 e. The number of benzene rings is 1. The molecule has 2 aromatic rings. The van der Waals surface area contributed by atoms with Gasteiger partial charge in [0.1, 0.15) is 0 Å². The van der Waals surface area contributed by atoms with Crippen LogP contribution in [-0.4, -0.2) is 33.3 Å². The maximum atomic E-state index is 12.0. The SMILES string of the molecule is O=C(O)CCCCCNC(=O)c1ccn(-c2ccc(Cl)c(Cl)c2)n1. The Morgan fingerprint density at radius 2 is 1.92 bits per heavy atom. The summed E-state index contributed by atoms with van der Waals surface area (Å²) in [5, 5.41) is 16.4. The maximum absolute atomic E-state index is 12.0. The van der Waals surface area contributed by atoms with Gasteiger partial charge in [0.05, 0.1) is 15.7 Å². The molecule has 0 spiro atoms. The van der Waals surface area contributed by atoms with E-state index in [0.29, 0.717) is 34.4 Å². The standard InChI is InChI=1S/C16H17Cl2N3O3/c17-12-6-5-11(10-13(12)18)21-9-7-14(20-21)16(24)19-8-3-1-2-4-15(22)23/h5-7,9-10H,1-4,8H2,(H,19,24)(H,22,23). The van der Waals surface area contributed by atoms with Crippen LogP contribution in [0, 0.1) is 0 Å². The van der Waals surface area contributed by atoms with Crippen LogP contribution in [0.5, 0.6) is 0 Å². The second-order valence-corrected chi connectivity index (χ2v) is 6.02. The summed E-state index contributed by atoms with van der Waals surface area (Å²) in [6, 6.07) is 6.70. The number of amides is 1. The van der Waals surface area contributed by atoms with E-state index in [9.17, 15) is 9.59 Å². The third kappa shape index (κ3) is 5.25. The molecule has 0 bridgehead atoms. The molecule has 0 aliphatic rings. The van der Waals surface area contributed by atoms with E-state index in [0.717, 1.165) is 12.8 Å². The molecule has 0 radical (unpaired) electrons. The number of aliphatic carboxylic acids is 1. The number of nitrogens with one attached hydrogen (secondary N) is 1. The van der Waals surface area contributed by atoms with E-state index in [-0.39, 0.29) is 12.3 Å². The summed E-state index contributed by atoms with van der Waals surface area (Å²) >= 11 is 11.8. The molecule has 2 rings (SSSR count). The third-order valence-corrected chi connectivity index (χ3v) is 4.08. The monoisotopic (exact) mass is 369 g/mol. The summed E-state index contributed by atoms with van der Waals surface area (Å²) in [4.78, 5) is 22.4. The Morgan fingerprint density at radius 1 is 1.12 bits per heavy atom. The fourth-order valence-corrected chi connectivity index (χ4v) is 2.38. The highest BCUT2D eigenvalue weighted by atomic mass is 35.5. The smallest absolute Gasteiger partial charge is 0.303 e. The van der Waals surface area contributed by atoms with Crippen LogP contribution in [0.4, 0.5) is 0 Å². The summed E-state index contributed by atoms with van der Waals surface area (Å²) in [7, 11) is 0. The Morgan fingerprint density at radius 3 is 2.62 bits per heavy atom. The van der Waals surface area contributed by atoms with Crippen molar-refractivity contribution in [3.8, 4) is 5.69 Å². The molecule has 0 aliphatic heterocycles. The summed E-state index contributed by atoms with van der Waals surface area (Å²) < 4.78 is 1.55. The number of rotatable bonds is 8. The number of nitrogens with zero attached hydrogens (tertiary/aromatic N) is 2. The Hall–Kier alpha value is -2.05. The van der Waals surface area contributed by atoms with Gasteiger partial charge in [0.2, 0.25) is 0 Å². The van der Waals surface area contributed by atoms with E-state index < -0.39 is 5.97 Å². The summed E-state index contributed by atoms with van der Waals surface area (Å²) in [5.74, 6) is -1.07. The molecule has 128 valence electrons. The average Bonchev–Trinajstić information content (AvgIpc) is 3.03. The number of halogens is 2. The zero-order chi connectivity index (χ0) is 17.5. The highest BCUT2D eigenvalue weighted by Gasteiger charge is 2.10. The first kappa shape index (κ1) is 18.3. The number of carboxylic acid groups (broad SMARTS) is 1. The van der Waals surface area contributed by atoms with Crippen molar-refractivity contribution in [1.82, 2.24) is 15.1 Å². The lowest BCUT2D eigenvalue weighted by atomic mass is 10.2. The zero-order valence-electron chi connectivity index (χ0n) is 12.8. The van der Waals surface area contributed by atoms with Gasteiger partial charge in [0, 0.05) is 19.2 Å². The lowest BCUT2D eigenvalue weighted by Gasteiger charge is -2.04. The predicted octanol–water partition coefficient (Wildman–Crippen LogP) is 3.55. The molecule has 0 fully saturated rings. The number of hydrogen-bond acceptors (Lipinski definition) is 3. The van der Waals surface area contributed by atoms with Crippen molar-refractivity contribution in [3.05, 3.63) is 46.2 Å². The van der Waals surface area contributed by atoms with E-state index in [1.54, 1.807) is 35.1 Å². The Labute approximate surface area is 149 Å². The molecule has 0 aliphatic carbocycles. The minimum atomic E-state index is -0.799. The molecule has 1 aromatic carbocycles. The molecule has 0 saturated carbocycles. The highest BCUT2D eigenvalue weighted by Crippen LogP contribution is 2.24. The molecule has 0 unspecified atom stereocenters. The average molecular weight is 370 g/mol. The van der Waals surface area contributed by atoms with Gasteiger partial charge in [-0.2, -0.15) is 5.10 Å². The van der Waals surface area contributed by atoms with Crippen molar-refractivity contribution in [2.75, 3.05) is 6.54 Å². The number of carbonyl (C=O) groups is 2. The first-order valence-corrected chi connectivity index (χ1v) is 8.24. The van der Waals surface area contributed by atoms with E-state index in [1.165, 1.54) is 0 Å². The summed E-state index contributed by atoms with van der Waals surface area (Å²) in [6.07, 6.45) is 3.91. The quantitative estimate of drug-likeness (QED) is 0.696. The lowest BCUT2D eigenvalue weighted by Crippen LogP contribution is -2.25. The molecule has 8 heteroatoms. The maximum Gasteiger partial charge on any atom is 0.303 e. The van der Waals surface area contributed by atoms with E-state index in [4.69, 9.17) is 28.3 Å². The van der Waals surface area contributed by atoms with Crippen LogP contribution in [-0.2, 0) is 4.79 Å². The first-order valence-electron chi connectivity index (χ1n) is 7.48. The van der Waals surface area contributed by atoms with Gasteiger partial charge in [-0.1, -0.05) is 29.6 Å². The van der Waals surface area contributed by atoms with Crippen LogP contribution in [0.1, 0.15) is 36.2 Å². The van der Waals surface area contributed by atoms with Gasteiger partial charge < -0.3 is 10.4 Å². The van der Waals surface area contributed by atoms with Crippen LogP contribution < -0.4 is 5.32 Å². The fraction of sp³-hybridized carbons (Fsp3) is 0.312. The van der Waals surface area contributed by atoms with Crippen molar-refractivity contribution in [1.29, 1.82) is 0 Å². The molecular formula is C16H17Cl2N3O3. The lowest BCUT2D eigenvalue weighted by molar-refractivity contribution is -0.137. The molecule has 24 heavy (non-hydrogen) atoms. The van der Waals surface area contributed by atoms with Crippen molar-refractivity contribution in [2.24, 2.45) is 0 Å². The van der Waals surface area contributed by atoms with Crippen LogP contribution in [0.25, 0.3) is 5.69 Å². The van der Waals surface area contributed by atoms with Crippen molar-refractivity contribution in [3.63, 3.8) is 0 Å². The normalized spacial score (nSPS) is 10.6. The summed E-state index contributed by atoms with van der Waals surface area (Å²) in [5.41, 5.74) is 1.00. The van der Waals surface area contributed by atoms with Gasteiger partial charge in [-0.3, -0.25) is 9.59 Å². The van der Waals surface area contributed by atoms with E-state index >= 15 is 0 Å². The minimum absolute atomic E-state index is 0.155. The van der Waals surface area contributed by atoms with Gasteiger partial charge in [-0.15, -0.1) is 0 Å². The van der Waals surface area contributed by atoms with Crippen molar-refractivity contribution < 1.29 is 14.7 Å². The number of carbonyl (C=O) groups excluding carboxylic acids is 1. The second kappa shape index (κ2) is 8.70. The van der Waals surface area contributed by atoms with Gasteiger partial charge in [0.15, 0.2) is 5.69 Å². The van der Waals surface area contributed by atoms with Gasteiger partial charge >= 0.3 is 5.97 Å². The van der Waals surface area contributed by atoms with Crippen LogP contribution in [0.15, 0.2) is 30.5 Å². The molecule has 1 aromatic heterocycles. The first-order chi connectivity index (χ1) is 11.5. The number of hydrogen-bond donors (Lipinski definition) is 2. The van der Waals surface area contributed by atoms with E-state index in [1.807, 2.05) is 0 Å². The molecule has 1 heterocycles. The Kier molecular flexibility index (Phi) is 6.63. The summed E-state index contributed by atoms with van der Waals surface area (Å²) in [6.45, 7) is 0.484. The molecular weight excluding hydrogens is 353 g/mol. The van der Waals surface area contributed by atoms with Crippen molar-refractivity contribution in [2.45, 2.75) is 25.7 Å². The Bertz CT molecular complexity index is 731. The molecule has 0 atom stereocenters. The van der Waals surface area contributed by atoms with Gasteiger partial charge in [-0.25, -0.2) is 4.68 Å². The van der Waals surface area contributed by atoms with Gasteiger partial charge in [-0.05, 0) is 37.1 Å². The topological polar surface area (TPSA) is 84.2 Å². The fourth-order valence-electron chi connectivity index (χ4n) is 2.09. The highest BCUT2D eigenvalue weighted by molar-refractivity contribution is 6.42. The van der Waals surface area contributed by atoms with Gasteiger partial charge in [0.25, 0.3) is 5.91 Å².